The molecule has 3 heterocycles. The molecule has 6 nitrogen and oxygen atoms in total. The molecule has 0 unspecified atom stereocenters. The minimum absolute atomic E-state index is 0.0826. The molecule has 0 amide bonds. The van der Waals surface area contributed by atoms with E-state index in [9.17, 15) is 0 Å². The van der Waals surface area contributed by atoms with E-state index in [1.165, 1.54) is 30.2 Å². The molecule has 4 rings (SSSR count). The number of nitrogens with one attached hydrogen (secondary N) is 1. The van der Waals surface area contributed by atoms with Crippen LogP contribution in [0.25, 0.3) is 11.0 Å². The van der Waals surface area contributed by atoms with Crippen molar-refractivity contribution in [3.63, 3.8) is 0 Å². The molecule has 2 aromatic heterocycles. The van der Waals surface area contributed by atoms with Crippen LogP contribution in [0.2, 0.25) is 4.71 Å². The summed E-state index contributed by atoms with van der Waals surface area (Å²) >= 11 is 2.39. The molecule has 0 spiro atoms. The second-order valence-corrected chi connectivity index (χ2v) is 10.2. The number of halogens is 1. The van der Waals surface area contributed by atoms with Crippen LogP contribution in [0.4, 0.5) is 0 Å². The summed E-state index contributed by atoms with van der Waals surface area (Å²) in [5, 5.41) is 8.45. The van der Waals surface area contributed by atoms with Gasteiger partial charge in [-0.25, -0.2) is 0 Å². The summed E-state index contributed by atoms with van der Waals surface area (Å²) in [5.74, 6) is 0. The Morgan fingerprint density at radius 1 is 1.17 bits per heavy atom. The van der Waals surface area contributed by atoms with Crippen molar-refractivity contribution in [3.05, 3.63) is 10.0 Å². The number of hydrogen-bond acceptors (Lipinski definition) is 5. The van der Waals surface area contributed by atoms with E-state index < -0.39 is 0 Å². The third-order valence-corrected chi connectivity index (χ3v) is 8.67. The van der Waals surface area contributed by atoms with Gasteiger partial charge in [0.15, 0.2) is 0 Å². The number of fused-ring (bicyclic) bond motifs is 1. The first-order valence-electron chi connectivity index (χ1n) is 8.18. The molecule has 1 saturated heterocycles. The standard InChI is InChI=1S/C15H20AsIN5O/c17-14-12-13(18-9-19-15(12)21-20-14)16-10-1-3-11(4-2-10)22-5-7-23-8-6-22/h9-11H,1-8H2,(H,18,19,20,21). The molecule has 0 bridgehead atoms. The molecule has 0 atom stereocenters. The first-order chi connectivity index (χ1) is 11.3. The van der Waals surface area contributed by atoms with E-state index in [-0.39, 0.29) is 15.8 Å². The third kappa shape index (κ3) is 3.57. The Labute approximate surface area is 156 Å². The van der Waals surface area contributed by atoms with Crippen molar-refractivity contribution < 1.29 is 4.74 Å². The van der Waals surface area contributed by atoms with Gasteiger partial charge in [-0.1, -0.05) is 0 Å². The zero-order chi connectivity index (χ0) is 15.6. The number of hydrogen-bond donors (Lipinski definition) is 1. The van der Waals surface area contributed by atoms with Gasteiger partial charge in [0.05, 0.1) is 0 Å². The van der Waals surface area contributed by atoms with Crippen molar-refractivity contribution >= 4 is 53.9 Å². The van der Waals surface area contributed by atoms with Crippen LogP contribution < -0.4 is 4.48 Å². The van der Waals surface area contributed by atoms with E-state index in [4.69, 9.17) is 4.74 Å². The van der Waals surface area contributed by atoms with E-state index in [1.807, 2.05) is 0 Å². The van der Waals surface area contributed by atoms with Gasteiger partial charge in [-0.3, -0.25) is 0 Å². The fourth-order valence-corrected chi connectivity index (χ4v) is 7.51. The van der Waals surface area contributed by atoms with Crippen LogP contribution in [0.15, 0.2) is 6.33 Å². The fourth-order valence-electron chi connectivity index (χ4n) is 3.57. The molecule has 2 fully saturated rings. The summed E-state index contributed by atoms with van der Waals surface area (Å²) in [7, 11) is 0. The number of aromatic nitrogens is 4. The van der Waals surface area contributed by atoms with Crippen LogP contribution >= 0.6 is 22.6 Å². The molecular formula is C15H20AsIN5O. The molecule has 123 valence electrons. The van der Waals surface area contributed by atoms with Gasteiger partial charge >= 0.3 is 156 Å². The number of H-pyrrole nitrogens is 1. The van der Waals surface area contributed by atoms with E-state index in [2.05, 4.69) is 47.7 Å². The summed E-state index contributed by atoms with van der Waals surface area (Å²) in [6.45, 7) is 4.04. The molecule has 1 aliphatic heterocycles. The Hall–Kier alpha value is -0.242. The predicted molar refractivity (Wildman–Crippen MR) is 98.2 cm³/mol. The SMILES string of the molecule is Ic1[nH]nc2ncnc([As]C3CCC(N4CCOCC4)CC3)c12. The van der Waals surface area contributed by atoms with Crippen molar-refractivity contribution in [1.82, 2.24) is 25.1 Å². The molecule has 1 N–H and O–H groups in total. The second-order valence-electron chi connectivity index (χ2n) is 6.17. The summed E-state index contributed by atoms with van der Waals surface area (Å²) in [5.41, 5.74) is 0.816. The fraction of sp³-hybridized carbons (Fsp3) is 0.667. The van der Waals surface area contributed by atoms with Crippen molar-refractivity contribution in [3.8, 4) is 0 Å². The summed E-state index contributed by atoms with van der Waals surface area (Å²) in [4.78, 5) is 11.5. The maximum atomic E-state index is 5.47. The van der Waals surface area contributed by atoms with Crippen molar-refractivity contribution in [1.29, 1.82) is 0 Å². The van der Waals surface area contributed by atoms with Gasteiger partial charge in [-0.05, 0) is 0 Å². The number of rotatable bonds is 3. The Balaban J connectivity index is 1.40. The Morgan fingerprint density at radius 3 is 2.74 bits per heavy atom. The van der Waals surface area contributed by atoms with Crippen LogP contribution in [0.3, 0.4) is 0 Å². The van der Waals surface area contributed by atoms with Crippen molar-refractivity contribution in [2.45, 2.75) is 36.4 Å². The second kappa shape index (κ2) is 7.33. The molecule has 1 aliphatic carbocycles. The van der Waals surface area contributed by atoms with E-state index >= 15 is 0 Å². The number of ether oxygens (including phenoxy) is 1. The molecular weight excluding hydrogens is 468 g/mol. The molecule has 1 radical (unpaired) electrons. The van der Waals surface area contributed by atoms with E-state index in [0.29, 0.717) is 0 Å². The zero-order valence-electron chi connectivity index (χ0n) is 12.9. The van der Waals surface area contributed by atoms with Gasteiger partial charge in [0.1, 0.15) is 0 Å². The maximum absolute atomic E-state index is 5.47. The first-order valence-corrected chi connectivity index (χ1v) is 11.3. The zero-order valence-corrected chi connectivity index (χ0v) is 16.9. The van der Waals surface area contributed by atoms with Gasteiger partial charge in [-0.15, -0.1) is 0 Å². The first kappa shape index (κ1) is 16.2. The van der Waals surface area contributed by atoms with Crippen LogP contribution in [-0.2, 0) is 4.74 Å². The van der Waals surface area contributed by atoms with Crippen LogP contribution in [0.5, 0.6) is 0 Å². The Morgan fingerprint density at radius 2 is 1.96 bits per heavy atom. The predicted octanol–water partition coefficient (Wildman–Crippen LogP) is 1.35. The Kier molecular flexibility index (Phi) is 5.18. The number of aromatic amines is 1. The molecule has 2 aliphatic rings. The molecule has 8 heteroatoms. The van der Waals surface area contributed by atoms with Crippen LogP contribution in [0, 0.1) is 3.70 Å². The molecule has 1 saturated carbocycles. The molecule has 0 aromatic carbocycles. The normalized spacial score (nSPS) is 27.2. The van der Waals surface area contributed by atoms with Gasteiger partial charge < -0.3 is 0 Å². The Bertz CT molecular complexity index is 667. The van der Waals surface area contributed by atoms with Crippen LogP contribution in [0.1, 0.15) is 25.7 Å². The molecule has 23 heavy (non-hydrogen) atoms. The monoisotopic (exact) mass is 488 g/mol. The molecule has 2 aromatic rings. The summed E-state index contributed by atoms with van der Waals surface area (Å²) in [6, 6.07) is 0.774. The van der Waals surface area contributed by atoms with E-state index in [1.54, 1.807) is 6.33 Å². The third-order valence-electron chi connectivity index (χ3n) is 4.82. The quantitative estimate of drug-likeness (QED) is 0.523. The summed E-state index contributed by atoms with van der Waals surface area (Å²) < 4.78 is 8.62. The number of nitrogens with zero attached hydrogens (tertiary/aromatic N) is 4. The average Bonchev–Trinajstić information content (AvgIpc) is 2.99. The van der Waals surface area contributed by atoms with Gasteiger partial charge in [0.2, 0.25) is 0 Å². The van der Waals surface area contributed by atoms with Gasteiger partial charge in [0.25, 0.3) is 0 Å². The number of morpholine rings is 1. The van der Waals surface area contributed by atoms with Crippen molar-refractivity contribution in [2.24, 2.45) is 0 Å². The average molecular weight is 488 g/mol. The van der Waals surface area contributed by atoms with Gasteiger partial charge in [-0.2, -0.15) is 0 Å². The van der Waals surface area contributed by atoms with Gasteiger partial charge in [0, 0.05) is 0 Å². The summed E-state index contributed by atoms with van der Waals surface area (Å²) in [6.07, 6.45) is 7.00. The minimum atomic E-state index is 0.0826. The van der Waals surface area contributed by atoms with Crippen molar-refractivity contribution in [2.75, 3.05) is 26.3 Å². The topological polar surface area (TPSA) is 66.9 Å². The van der Waals surface area contributed by atoms with E-state index in [0.717, 1.165) is 51.8 Å². The van der Waals surface area contributed by atoms with Crippen LogP contribution in [-0.4, -0.2) is 73.2 Å².